The molecule has 4 N–H and O–H groups in total. The van der Waals surface area contributed by atoms with E-state index in [4.69, 9.17) is 5.73 Å². The summed E-state index contributed by atoms with van der Waals surface area (Å²) in [4.78, 5) is 17.3. The van der Waals surface area contributed by atoms with E-state index < -0.39 is 10.8 Å². The number of H-pyrrole nitrogens is 1. The summed E-state index contributed by atoms with van der Waals surface area (Å²) < 4.78 is 11.1. The molecule has 0 bridgehead atoms. The van der Waals surface area contributed by atoms with E-state index in [-0.39, 0.29) is 16.5 Å². The predicted molar refractivity (Wildman–Crippen MR) is 61.3 cm³/mol. The van der Waals surface area contributed by atoms with Gasteiger partial charge in [0.25, 0.3) is 5.56 Å². The highest BCUT2D eigenvalue weighted by molar-refractivity contribution is 7.84. The minimum Gasteiger partial charge on any atom is -0.391 e. The molecule has 84 valence electrons. The number of hydrogen-bond donors (Lipinski definition) is 3. The van der Waals surface area contributed by atoms with E-state index in [0.717, 1.165) is 0 Å². The maximum atomic E-state index is 11.1. The van der Waals surface area contributed by atoms with Crippen molar-refractivity contribution in [3.8, 4) is 0 Å². The molecule has 0 fully saturated rings. The first kappa shape index (κ1) is 11.7. The second-order valence-corrected chi connectivity index (χ2v) is 4.99. The summed E-state index contributed by atoms with van der Waals surface area (Å²) in [6, 6.07) is 0. The summed E-state index contributed by atoms with van der Waals surface area (Å²) in [5.74, 6) is 0.330. The van der Waals surface area contributed by atoms with Crippen molar-refractivity contribution < 1.29 is 4.21 Å². The average molecular weight is 230 g/mol. The normalized spacial score (nSPS) is 14.5. The number of nitrogens with one attached hydrogen (secondary N) is 2. The Kier molecular flexibility index (Phi) is 3.84. The molecular weight excluding hydrogens is 216 g/mol. The fourth-order valence-corrected chi connectivity index (χ4v) is 1.23. The van der Waals surface area contributed by atoms with Crippen molar-refractivity contribution in [2.45, 2.75) is 12.2 Å². The lowest BCUT2D eigenvalue weighted by Crippen LogP contribution is -2.23. The summed E-state index contributed by atoms with van der Waals surface area (Å²) in [5.41, 5.74) is 5.17. The smallest absolute Gasteiger partial charge is 0.276 e. The van der Waals surface area contributed by atoms with E-state index in [1.165, 1.54) is 6.33 Å². The van der Waals surface area contributed by atoms with Crippen molar-refractivity contribution in [1.82, 2.24) is 9.97 Å². The Morgan fingerprint density at radius 3 is 3.00 bits per heavy atom. The number of hydrogen-bond acceptors (Lipinski definition) is 5. The van der Waals surface area contributed by atoms with Crippen LogP contribution in [0.3, 0.4) is 0 Å². The molecule has 2 unspecified atom stereocenters. The van der Waals surface area contributed by atoms with Crippen LogP contribution in [0.1, 0.15) is 6.92 Å². The van der Waals surface area contributed by atoms with Gasteiger partial charge in [0.15, 0.2) is 5.82 Å². The van der Waals surface area contributed by atoms with Crippen LogP contribution in [0.2, 0.25) is 0 Å². The van der Waals surface area contributed by atoms with Crippen LogP contribution in [0, 0.1) is 0 Å². The molecule has 7 heteroatoms. The molecule has 0 aromatic carbocycles. The highest BCUT2D eigenvalue weighted by Gasteiger charge is 2.08. The van der Waals surface area contributed by atoms with E-state index in [1.54, 1.807) is 6.26 Å². The number of rotatable bonds is 4. The highest BCUT2D eigenvalue weighted by atomic mass is 32.2. The van der Waals surface area contributed by atoms with Crippen LogP contribution in [-0.4, -0.2) is 32.2 Å². The molecule has 15 heavy (non-hydrogen) atoms. The molecule has 6 nitrogen and oxygen atoms in total. The third-order valence-corrected chi connectivity index (χ3v) is 3.31. The molecule has 1 aromatic heterocycles. The maximum Gasteiger partial charge on any atom is 0.276 e. The molecule has 0 spiro atoms. The summed E-state index contributed by atoms with van der Waals surface area (Å²) >= 11 is 0. The molecule has 0 aliphatic rings. The fraction of sp³-hybridized carbons (Fsp3) is 0.500. The van der Waals surface area contributed by atoms with Gasteiger partial charge in [0, 0.05) is 28.9 Å². The molecular formula is C8H14N4O2S. The second-order valence-electron chi connectivity index (χ2n) is 3.18. The molecule has 0 aliphatic carbocycles. The van der Waals surface area contributed by atoms with Crippen LogP contribution < -0.4 is 16.6 Å². The molecule has 2 atom stereocenters. The Labute approximate surface area is 89.8 Å². The second kappa shape index (κ2) is 4.92. The first-order chi connectivity index (χ1) is 7.02. The quantitative estimate of drug-likeness (QED) is 0.649. The zero-order chi connectivity index (χ0) is 11.4. The van der Waals surface area contributed by atoms with Gasteiger partial charge in [-0.25, -0.2) is 4.98 Å². The molecule has 0 saturated heterocycles. The molecule has 1 heterocycles. The molecule has 1 rings (SSSR count). The van der Waals surface area contributed by atoms with Gasteiger partial charge in [-0.1, -0.05) is 0 Å². The van der Waals surface area contributed by atoms with Gasteiger partial charge in [-0.3, -0.25) is 9.00 Å². The van der Waals surface area contributed by atoms with Gasteiger partial charge < -0.3 is 16.0 Å². The lowest BCUT2D eigenvalue weighted by atomic mass is 10.4. The Morgan fingerprint density at radius 1 is 1.73 bits per heavy atom. The number of aromatic amines is 1. The Morgan fingerprint density at radius 2 is 2.40 bits per heavy atom. The first-order valence-corrected chi connectivity index (χ1v) is 6.03. The van der Waals surface area contributed by atoms with Crippen LogP contribution in [-0.2, 0) is 10.8 Å². The number of nitrogen functional groups attached to an aromatic ring is 1. The first-order valence-electron chi connectivity index (χ1n) is 4.41. The van der Waals surface area contributed by atoms with Crippen LogP contribution >= 0.6 is 0 Å². The topological polar surface area (TPSA) is 101 Å². The van der Waals surface area contributed by atoms with E-state index in [9.17, 15) is 9.00 Å². The third-order valence-electron chi connectivity index (χ3n) is 2.01. The van der Waals surface area contributed by atoms with Gasteiger partial charge in [-0.05, 0) is 6.92 Å². The van der Waals surface area contributed by atoms with Gasteiger partial charge in [-0.2, -0.15) is 0 Å². The van der Waals surface area contributed by atoms with E-state index >= 15 is 0 Å². The largest absolute Gasteiger partial charge is 0.391 e. The number of anilines is 2. The standard InChI is InChI=1S/C8H14N4O2S/c1-5(15(2)14)3-10-7-6(9)8(13)12-4-11-7/h4-5H,3,9H2,1-2H3,(H2,10,11,12,13). The number of nitrogens with two attached hydrogens (primary N) is 1. The molecule has 0 saturated carbocycles. The van der Waals surface area contributed by atoms with E-state index in [1.807, 2.05) is 6.92 Å². The molecule has 0 amide bonds. The Bertz CT molecular complexity index is 417. The Hall–Kier alpha value is -1.37. The van der Waals surface area contributed by atoms with Gasteiger partial charge in [-0.15, -0.1) is 0 Å². The zero-order valence-corrected chi connectivity index (χ0v) is 9.43. The summed E-state index contributed by atoms with van der Waals surface area (Å²) in [6.45, 7) is 2.30. The molecule has 1 aromatic rings. The van der Waals surface area contributed by atoms with Gasteiger partial charge in [0.2, 0.25) is 0 Å². The molecule has 0 aliphatic heterocycles. The summed E-state index contributed by atoms with van der Waals surface area (Å²) in [7, 11) is -0.913. The van der Waals surface area contributed by atoms with Gasteiger partial charge >= 0.3 is 0 Å². The minimum atomic E-state index is -0.913. The van der Waals surface area contributed by atoms with Crippen molar-refractivity contribution in [3.05, 3.63) is 16.7 Å². The lowest BCUT2D eigenvalue weighted by Gasteiger charge is -2.10. The Balaban J connectivity index is 2.70. The van der Waals surface area contributed by atoms with Crippen LogP contribution in [0.5, 0.6) is 0 Å². The van der Waals surface area contributed by atoms with Crippen molar-refractivity contribution in [3.63, 3.8) is 0 Å². The van der Waals surface area contributed by atoms with Crippen LogP contribution in [0.15, 0.2) is 11.1 Å². The highest BCUT2D eigenvalue weighted by Crippen LogP contribution is 2.07. The van der Waals surface area contributed by atoms with Gasteiger partial charge in [0.1, 0.15) is 5.69 Å². The number of aromatic nitrogens is 2. The SMILES string of the molecule is CC(CNc1nc[nH]c(=O)c1N)S(C)=O. The maximum absolute atomic E-state index is 11.1. The predicted octanol–water partition coefficient (Wildman–Crippen LogP) is -0.469. The van der Waals surface area contributed by atoms with Crippen molar-refractivity contribution in [2.24, 2.45) is 0 Å². The van der Waals surface area contributed by atoms with Crippen molar-refractivity contribution >= 4 is 22.3 Å². The summed E-state index contributed by atoms with van der Waals surface area (Å²) in [6.07, 6.45) is 2.90. The average Bonchev–Trinajstić information content (AvgIpc) is 2.19. The monoisotopic (exact) mass is 230 g/mol. The van der Waals surface area contributed by atoms with Gasteiger partial charge in [0.05, 0.1) is 6.33 Å². The number of nitrogens with zero attached hydrogens (tertiary/aromatic N) is 1. The zero-order valence-electron chi connectivity index (χ0n) is 8.61. The third kappa shape index (κ3) is 3.05. The molecule has 0 radical (unpaired) electrons. The van der Waals surface area contributed by atoms with E-state index in [0.29, 0.717) is 12.4 Å². The van der Waals surface area contributed by atoms with Crippen LogP contribution in [0.4, 0.5) is 11.5 Å². The lowest BCUT2D eigenvalue weighted by molar-refractivity contribution is 0.679. The summed E-state index contributed by atoms with van der Waals surface area (Å²) in [5, 5.41) is 2.86. The van der Waals surface area contributed by atoms with Crippen molar-refractivity contribution in [1.29, 1.82) is 0 Å². The van der Waals surface area contributed by atoms with E-state index in [2.05, 4.69) is 15.3 Å². The minimum absolute atomic E-state index is 0.0227. The van der Waals surface area contributed by atoms with Crippen molar-refractivity contribution in [2.75, 3.05) is 23.9 Å². The van der Waals surface area contributed by atoms with Crippen LogP contribution in [0.25, 0.3) is 0 Å². The fourth-order valence-electron chi connectivity index (χ4n) is 0.909.